The number of H-pyrrole nitrogens is 2. The molecule has 14 nitrogen and oxygen atoms in total. The number of nitrogens with one attached hydrogen (secondary N) is 4. The first-order chi connectivity index (χ1) is 28.6. The van der Waals surface area contributed by atoms with Gasteiger partial charge in [-0.1, -0.05) is 94.9 Å². The number of benzene rings is 3. The summed E-state index contributed by atoms with van der Waals surface area (Å²) in [5.74, 6) is 1.27. The van der Waals surface area contributed by atoms with Crippen molar-refractivity contribution in [1.29, 1.82) is 0 Å². The largest absolute Gasteiger partial charge is 0.453 e. The highest BCUT2D eigenvalue weighted by atomic mass is 35.5. The lowest BCUT2D eigenvalue weighted by atomic mass is 9.99. The lowest BCUT2D eigenvalue weighted by Crippen LogP contribution is -2.52. The standard InChI is InChI=1S/C44H53ClN8O6Si/c1-22(2)34(49-43(56)58-5)41(54)52-21-60(7,8)20-33(52)40-46-30-16-14-27-17-26(13-15-29(27)37(30)48-40)24-9-11-25(12-10-24)36-38(45)51-39(47-36)32-19-28-18-31(28)53(32)42(55)35(23(3)4)50-44(57)59-6/h9-17,22-23,28,31-35H,18-21H2,1-8H3,(H,46,48)(H,47,51)(H,49,56)(H,50,57)/t28-,31-,32+,33-,34-,35+/m0/s1. The van der Waals surface area contributed by atoms with E-state index in [0.29, 0.717) is 28.8 Å². The summed E-state index contributed by atoms with van der Waals surface area (Å²) in [6.45, 7) is 12.2. The highest BCUT2D eigenvalue weighted by Gasteiger charge is 2.56. The molecular formula is C44H53ClN8O6Si. The highest BCUT2D eigenvalue weighted by molar-refractivity contribution is 6.78. The van der Waals surface area contributed by atoms with Crippen molar-refractivity contribution >= 4 is 65.5 Å². The van der Waals surface area contributed by atoms with E-state index in [1.54, 1.807) is 0 Å². The Bertz CT molecular complexity index is 2480. The lowest BCUT2D eigenvalue weighted by molar-refractivity contribution is -0.137. The SMILES string of the molecule is COC(=O)N[C@H](C(=O)N1C[Si](C)(C)C[C@H]1c1nc2c(ccc3cc(-c4ccc(-c5nc([C@H]6C[C@@H]7C[C@@H]7N6C(=O)[C@H](NC(=O)OC)C(C)C)[nH]c5Cl)cc4)ccc32)[nH]1)C(C)C. The van der Waals surface area contributed by atoms with E-state index in [9.17, 15) is 19.2 Å². The Hall–Kier alpha value is -5.41. The van der Waals surface area contributed by atoms with Crippen LogP contribution in [0, 0.1) is 17.8 Å². The van der Waals surface area contributed by atoms with Crippen molar-refractivity contribution in [3.05, 3.63) is 71.4 Å². The van der Waals surface area contributed by atoms with Gasteiger partial charge < -0.3 is 39.9 Å². The Kier molecular flexibility index (Phi) is 10.9. The molecule has 3 aliphatic rings. The second-order valence-electron chi connectivity index (χ2n) is 18.0. The van der Waals surface area contributed by atoms with Gasteiger partial charge in [0, 0.05) is 23.2 Å². The Labute approximate surface area is 355 Å². The number of piperidine rings is 1. The van der Waals surface area contributed by atoms with Crippen LogP contribution < -0.4 is 10.6 Å². The number of aromatic amines is 2. The van der Waals surface area contributed by atoms with E-state index in [0.717, 1.165) is 63.2 Å². The minimum Gasteiger partial charge on any atom is -0.453 e. The van der Waals surface area contributed by atoms with Gasteiger partial charge in [0.15, 0.2) is 0 Å². The lowest BCUT2D eigenvalue weighted by Gasteiger charge is -2.31. The van der Waals surface area contributed by atoms with Gasteiger partial charge >= 0.3 is 12.2 Å². The topological polar surface area (TPSA) is 175 Å². The molecule has 8 rings (SSSR count). The van der Waals surface area contributed by atoms with Gasteiger partial charge in [0.05, 0.1) is 45.4 Å². The van der Waals surface area contributed by atoms with E-state index < -0.39 is 32.3 Å². The molecule has 0 unspecified atom stereocenters. The van der Waals surface area contributed by atoms with Crippen molar-refractivity contribution in [1.82, 2.24) is 40.4 Å². The van der Waals surface area contributed by atoms with Gasteiger partial charge in [-0.05, 0) is 65.3 Å². The number of halogens is 1. The average Bonchev–Trinajstić information content (AvgIpc) is 3.55. The maximum atomic E-state index is 14.0. The molecule has 0 radical (unpaired) electrons. The van der Waals surface area contributed by atoms with Crippen LogP contribution in [0.15, 0.2) is 54.6 Å². The van der Waals surface area contributed by atoms with Crippen molar-refractivity contribution < 1.29 is 28.7 Å². The number of methoxy groups -OCH3 is 2. The van der Waals surface area contributed by atoms with Crippen molar-refractivity contribution in [2.45, 2.75) is 89.9 Å². The zero-order valence-corrected chi connectivity index (χ0v) is 37.0. The molecule has 5 aromatic rings. The number of imidazole rings is 2. The van der Waals surface area contributed by atoms with Gasteiger partial charge in [-0.3, -0.25) is 9.59 Å². The van der Waals surface area contributed by atoms with Crippen LogP contribution in [0.5, 0.6) is 0 Å². The normalized spacial score (nSPS) is 21.6. The first-order valence-electron chi connectivity index (χ1n) is 20.7. The quantitative estimate of drug-likeness (QED) is 0.102. The van der Waals surface area contributed by atoms with Crippen LogP contribution in [0.2, 0.25) is 24.3 Å². The highest BCUT2D eigenvalue weighted by Crippen LogP contribution is 2.54. The van der Waals surface area contributed by atoms with Gasteiger partial charge in [0.2, 0.25) is 11.8 Å². The fourth-order valence-electron chi connectivity index (χ4n) is 9.20. The van der Waals surface area contributed by atoms with E-state index in [-0.39, 0.29) is 41.8 Å². The predicted molar refractivity (Wildman–Crippen MR) is 233 cm³/mol. The van der Waals surface area contributed by atoms with Gasteiger partial charge in [-0.25, -0.2) is 19.6 Å². The monoisotopic (exact) mass is 852 g/mol. The molecule has 1 saturated carbocycles. The zero-order chi connectivity index (χ0) is 42.8. The van der Waals surface area contributed by atoms with E-state index in [1.165, 1.54) is 14.2 Å². The first kappa shape index (κ1) is 41.3. The summed E-state index contributed by atoms with van der Waals surface area (Å²) in [6, 6.07) is 17.6. The number of carbonyl (C=O) groups is 4. The van der Waals surface area contributed by atoms with Crippen LogP contribution in [0.1, 0.15) is 64.3 Å². The van der Waals surface area contributed by atoms with Crippen molar-refractivity contribution in [2.24, 2.45) is 17.8 Å². The number of ether oxygens (including phenoxy) is 2. The molecule has 6 atom stereocenters. The summed E-state index contributed by atoms with van der Waals surface area (Å²) in [6.07, 6.45) is 1.14. The van der Waals surface area contributed by atoms with Gasteiger partial charge in [0.1, 0.15) is 34.6 Å². The number of rotatable bonds is 10. The van der Waals surface area contributed by atoms with Crippen LogP contribution in [-0.2, 0) is 19.1 Å². The zero-order valence-electron chi connectivity index (χ0n) is 35.3. The molecule has 2 aliphatic heterocycles. The molecule has 16 heteroatoms. The smallest absolute Gasteiger partial charge is 0.407 e. The maximum Gasteiger partial charge on any atom is 0.407 e. The Morgan fingerprint density at radius 3 is 2.05 bits per heavy atom. The van der Waals surface area contributed by atoms with Crippen LogP contribution in [0.3, 0.4) is 0 Å². The molecule has 1 aliphatic carbocycles. The summed E-state index contributed by atoms with van der Waals surface area (Å²) in [7, 11) is 0.806. The Balaban J connectivity index is 1.02. The number of alkyl carbamates (subject to hydrolysis) is 2. The molecule has 3 aromatic carbocycles. The first-order valence-corrected chi connectivity index (χ1v) is 24.5. The van der Waals surface area contributed by atoms with Crippen LogP contribution >= 0.6 is 11.6 Å². The van der Waals surface area contributed by atoms with E-state index in [4.69, 9.17) is 31.0 Å². The summed E-state index contributed by atoms with van der Waals surface area (Å²) in [5, 5.41) is 7.92. The number of nitrogens with zero attached hydrogens (tertiary/aromatic N) is 4. The number of amides is 4. The van der Waals surface area contributed by atoms with Crippen molar-refractivity contribution in [3.8, 4) is 22.4 Å². The third-order valence-corrected chi connectivity index (χ3v) is 15.4. The molecule has 60 heavy (non-hydrogen) atoms. The molecule has 2 aromatic heterocycles. The van der Waals surface area contributed by atoms with E-state index in [2.05, 4.69) is 70.1 Å². The number of aromatic nitrogens is 4. The molecule has 0 spiro atoms. The third kappa shape index (κ3) is 7.73. The van der Waals surface area contributed by atoms with Gasteiger partial charge in [-0.15, -0.1) is 0 Å². The van der Waals surface area contributed by atoms with Crippen LogP contribution in [0.4, 0.5) is 9.59 Å². The average molecular weight is 853 g/mol. The van der Waals surface area contributed by atoms with Crippen molar-refractivity contribution in [2.75, 3.05) is 20.4 Å². The van der Waals surface area contributed by atoms with Gasteiger partial charge in [0.25, 0.3) is 0 Å². The number of fused-ring (bicyclic) bond motifs is 4. The summed E-state index contributed by atoms with van der Waals surface area (Å²) in [5.41, 5.74) is 5.26. The number of hydrogen-bond donors (Lipinski definition) is 4. The molecule has 4 heterocycles. The predicted octanol–water partition coefficient (Wildman–Crippen LogP) is 7.98. The van der Waals surface area contributed by atoms with E-state index in [1.807, 2.05) is 55.7 Å². The number of hydrogen-bond acceptors (Lipinski definition) is 8. The molecule has 4 N–H and O–H groups in total. The number of carbonyl (C=O) groups excluding carboxylic acids is 4. The van der Waals surface area contributed by atoms with E-state index >= 15 is 0 Å². The number of likely N-dealkylation sites (tertiary alicyclic amines) is 1. The molecular weight excluding hydrogens is 800 g/mol. The fraction of sp³-hybridized carbons (Fsp3) is 0.455. The summed E-state index contributed by atoms with van der Waals surface area (Å²) >= 11 is 6.79. The minimum absolute atomic E-state index is 0.117. The molecule has 0 bridgehead atoms. The molecule has 316 valence electrons. The Morgan fingerprint density at radius 2 is 1.40 bits per heavy atom. The molecule has 4 amide bonds. The summed E-state index contributed by atoms with van der Waals surface area (Å²) in [4.78, 5) is 72.8. The minimum atomic E-state index is -1.78. The van der Waals surface area contributed by atoms with Gasteiger partial charge in [-0.2, -0.15) is 0 Å². The van der Waals surface area contributed by atoms with Crippen LogP contribution in [0.25, 0.3) is 44.2 Å². The second-order valence-corrected chi connectivity index (χ2v) is 23.4. The fourth-order valence-corrected chi connectivity index (χ4v) is 12.3. The molecule has 3 fully saturated rings. The Morgan fingerprint density at radius 1 is 0.783 bits per heavy atom. The van der Waals surface area contributed by atoms with Crippen LogP contribution in [-0.4, -0.2) is 100 Å². The summed E-state index contributed by atoms with van der Waals surface area (Å²) < 4.78 is 9.63. The maximum absolute atomic E-state index is 14.0. The van der Waals surface area contributed by atoms with Crippen molar-refractivity contribution in [3.63, 3.8) is 0 Å². The third-order valence-electron chi connectivity index (χ3n) is 12.4. The molecule has 2 saturated heterocycles. The second kappa shape index (κ2) is 15.9.